The van der Waals surface area contributed by atoms with Gasteiger partial charge in [-0.05, 0) is 17.0 Å². The lowest BCUT2D eigenvalue weighted by Gasteiger charge is -1.96. The number of nitrogens with zero attached hydrogens (tertiary/aromatic N) is 4. The van der Waals surface area contributed by atoms with Gasteiger partial charge < -0.3 is 0 Å². The number of nitriles is 1. The minimum atomic E-state index is 0.507. The number of fused-ring (bicyclic) bond motifs is 1. The van der Waals surface area contributed by atoms with Crippen molar-refractivity contribution in [1.29, 1.82) is 5.26 Å². The van der Waals surface area contributed by atoms with Crippen molar-refractivity contribution in [3.8, 4) is 16.6 Å². The standard InChI is InChI=1S/C16H10N4S2/c17-10-12-15(13-7-4-8-21-13)18-16-20(12)19-14(22-16)9-11-5-2-1-3-6-11/h1-8H,9H2. The zero-order valence-electron chi connectivity index (χ0n) is 11.4. The second-order valence-corrected chi connectivity index (χ2v) is 6.74. The van der Waals surface area contributed by atoms with Gasteiger partial charge in [0.2, 0.25) is 4.96 Å². The molecule has 106 valence electrons. The van der Waals surface area contributed by atoms with Crippen molar-refractivity contribution in [3.63, 3.8) is 0 Å². The van der Waals surface area contributed by atoms with Gasteiger partial charge >= 0.3 is 0 Å². The molecule has 6 heteroatoms. The Morgan fingerprint density at radius 2 is 2.00 bits per heavy atom. The van der Waals surface area contributed by atoms with E-state index >= 15 is 0 Å². The molecule has 0 saturated carbocycles. The SMILES string of the molecule is N#Cc1c(-c2cccs2)nc2sc(Cc3ccccc3)nn12. The highest BCUT2D eigenvalue weighted by atomic mass is 32.1. The lowest BCUT2D eigenvalue weighted by atomic mass is 10.2. The van der Waals surface area contributed by atoms with Crippen LogP contribution in [0.1, 0.15) is 16.3 Å². The third-order valence-corrected chi connectivity index (χ3v) is 5.09. The van der Waals surface area contributed by atoms with E-state index < -0.39 is 0 Å². The topological polar surface area (TPSA) is 54.0 Å². The molecule has 0 bridgehead atoms. The highest BCUT2D eigenvalue weighted by Gasteiger charge is 2.18. The Morgan fingerprint density at radius 1 is 1.14 bits per heavy atom. The van der Waals surface area contributed by atoms with Crippen LogP contribution >= 0.6 is 22.7 Å². The van der Waals surface area contributed by atoms with Gasteiger partial charge in [0.05, 0.1) is 4.88 Å². The quantitative estimate of drug-likeness (QED) is 0.573. The van der Waals surface area contributed by atoms with Crippen LogP contribution in [0, 0.1) is 11.3 Å². The number of imidazole rings is 1. The smallest absolute Gasteiger partial charge is 0.214 e. The Labute approximate surface area is 134 Å². The minimum Gasteiger partial charge on any atom is -0.215 e. The lowest BCUT2D eigenvalue weighted by Crippen LogP contribution is -1.93. The van der Waals surface area contributed by atoms with Gasteiger partial charge in [-0.15, -0.1) is 11.3 Å². The van der Waals surface area contributed by atoms with Gasteiger partial charge in [0.15, 0.2) is 5.69 Å². The molecule has 22 heavy (non-hydrogen) atoms. The van der Waals surface area contributed by atoms with E-state index in [0.29, 0.717) is 5.69 Å². The van der Waals surface area contributed by atoms with Crippen molar-refractivity contribution in [1.82, 2.24) is 14.6 Å². The molecule has 0 unspecified atom stereocenters. The Balaban J connectivity index is 1.77. The zero-order valence-corrected chi connectivity index (χ0v) is 13.1. The molecule has 0 N–H and O–H groups in total. The molecule has 4 rings (SSSR count). The summed E-state index contributed by atoms with van der Waals surface area (Å²) in [6.45, 7) is 0. The number of thiophene rings is 1. The van der Waals surface area contributed by atoms with Gasteiger partial charge in [0.25, 0.3) is 0 Å². The van der Waals surface area contributed by atoms with Crippen molar-refractivity contribution in [2.24, 2.45) is 0 Å². The van der Waals surface area contributed by atoms with Crippen LogP contribution in [0.25, 0.3) is 15.5 Å². The average molecular weight is 322 g/mol. The van der Waals surface area contributed by atoms with Gasteiger partial charge in [0.1, 0.15) is 16.8 Å². The zero-order chi connectivity index (χ0) is 14.9. The molecule has 0 aliphatic heterocycles. The number of aromatic nitrogens is 3. The summed E-state index contributed by atoms with van der Waals surface area (Å²) < 4.78 is 1.66. The summed E-state index contributed by atoms with van der Waals surface area (Å²) in [5, 5.41) is 17.0. The summed E-state index contributed by atoms with van der Waals surface area (Å²) in [5.41, 5.74) is 2.44. The Kier molecular flexibility index (Phi) is 3.22. The van der Waals surface area contributed by atoms with E-state index in [-0.39, 0.29) is 0 Å². The van der Waals surface area contributed by atoms with Gasteiger partial charge in [-0.25, -0.2) is 4.98 Å². The lowest BCUT2D eigenvalue weighted by molar-refractivity contribution is 0.909. The van der Waals surface area contributed by atoms with Gasteiger partial charge in [-0.2, -0.15) is 14.9 Å². The summed E-state index contributed by atoms with van der Waals surface area (Å²) in [6.07, 6.45) is 0.758. The van der Waals surface area contributed by atoms with Crippen LogP contribution in [0.4, 0.5) is 0 Å². The fourth-order valence-electron chi connectivity index (χ4n) is 2.32. The summed E-state index contributed by atoms with van der Waals surface area (Å²) in [5.74, 6) is 0. The molecule has 0 atom stereocenters. The largest absolute Gasteiger partial charge is 0.215 e. The molecule has 3 heterocycles. The van der Waals surface area contributed by atoms with E-state index in [4.69, 9.17) is 0 Å². The van der Waals surface area contributed by atoms with Crippen molar-refractivity contribution < 1.29 is 0 Å². The van der Waals surface area contributed by atoms with E-state index in [1.54, 1.807) is 15.9 Å². The van der Waals surface area contributed by atoms with Crippen LogP contribution in [0.2, 0.25) is 0 Å². The van der Waals surface area contributed by atoms with E-state index in [9.17, 15) is 5.26 Å². The maximum Gasteiger partial charge on any atom is 0.214 e. The number of benzene rings is 1. The maximum absolute atomic E-state index is 9.46. The van der Waals surface area contributed by atoms with Crippen molar-refractivity contribution in [3.05, 3.63) is 64.1 Å². The van der Waals surface area contributed by atoms with Crippen molar-refractivity contribution in [2.75, 3.05) is 0 Å². The maximum atomic E-state index is 9.46. The average Bonchev–Trinajstić information content (AvgIpc) is 3.22. The number of rotatable bonds is 3. The van der Waals surface area contributed by atoms with E-state index in [0.717, 1.165) is 27.0 Å². The Morgan fingerprint density at radius 3 is 2.73 bits per heavy atom. The number of hydrogen-bond donors (Lipinski definition) is 0. The van der Waals surface area contributed by atoms with E-state index in [1.807, 2.05) is 35.7 Å². The minimum absolute atomic E-state index is 0.507. The fraction of sp³-hybridized carbons (Fsp3) is 0.0625. The molecule has 4 nitrogen and oxygen atoms in total. The molecule has 0 saturated heterocycles. The van der Waals surface area contributed by atoms with Crippen molar-refractivity contribution in [2.45, 2.75) is 6.42 Å². The van der Waals surface area contributed by atoms with Crippen LogP contribution in [-0.4, -0.2) is 14.6 Å². The monoisotopic (exact) mass is 322 g/mol. The van der Waals surface area contributed by atoms with Crippen molar-refractivity contribution >= 4 is 27.6 Å². The van der Waals surface area contributed by atoms with Crippen LogP contribution in [0.3, 0.4) is 0 Å². The first-order chi connectivity index (χ1) is 10.8. The molecule has 0 spiro atoms. The van der Waals surface area contributed by atoms with Crippen LogP contribution in [-0.2, 0) is 6.42 Å². The molecule has 0 aliphatic rings. The van der Waals surface area contributed by atoms with Gasteiger partial charge in [-0.3, -0.25) is 0 Å². The molecular formula is C16H10N4S2. The Bertz CT molecular complexity index is 959. The van der Waals surface area contributed by atoms with Gasteiger partial charge in [-0.1, -0.05) is 47.7 Å². The second-order valence-electron chi connectivity index (χ2n) is 4.75. The fourth-order valence-corrected chi connectivity index (χ4v) is 3.96. The summed E-state index contributed by atoms with van der Waals surface area (Å²) in [7, 11) is 0. The highest BCUT2D eigenvalue weighted by Crippen LogP contribution is 2.30. The molecule has 1 aromatic carbocycles. The third kappa shape index (κ3) is 2.21. The third-order valence-electron chi connectivity index (χ3n) is 3.30. The summed E-state index contributed by atoms with van der Waals surface area (Å²) in [4.78, 5) is 6.36. The molecular weight excluding hydrogens is 312 g/mol. The predicted octanol–water partition coefficient (Wildman–Crippen LogP) is 3.98. The van der Waals surface area contributed by atoms with Crippen LogP contribution in [0.5, 0.6) is 0 Å². The molecule has 0 amide bonds. The van der Waals surface area contributed by atoms with Gasteiger partial charge in [0, 0.05) is 6.42 Å². The summed E-state index contributed by atoms with van der Waals surface area (Å²) >= 11 is 3.11. The molecule has 0 fully saturated rings. The van der Waals surface area contributed by atoms with Crippen LogP contribution < -0.4 is 0 Å². The first-order valence-electron chi connectivity index (χ1n) is 6.71. The van der Waals surface area contributed by atoms with Crippen LogP contribution in [0.15, 0.2) is 47.8 Å². The summed E-state index contributed by atoms with van der Waals surface area (Å²) in [6, 6.07) is 16.4. The first-order valence-corrected chi connectivity index (χ1v) is 8.41. The molecule has 3 aromatic heterocycles. The Hall–Kier alpha value is -2.49. The normalized spacial score (nSPS) is 10.9. The molecule has 0 radical (unpaired) electrons. The molecule has 0 aliphatic carbocycles. The predicted molar refractivity (Wildman–Crippen MR) is 88.1 cm³/mol. The number of hydrogen-bond acceptors (Lipinski definition) is 5. The van der Waals surface area contributed by atoms with E-state index in [1.165, 1.54) is 16.9 Å². The first kappa shape index (κ1) is 13.2. The molecule has 4 aromatic rings. The van der Waals surface area contributed by atoms with E-state index in [2.05, 4.69) is 28.3 Å². The second kappa shape index (κ2) is 5.37. The highest BCUT2D eigenvalue weighted by molar-refractivity contribution is 7.16.